The van der Waals surface area contributed by atoms with Crippen molar-refractivity contribution in [2.75, 3.05) is 32.6 Å². The largest absolute Gasteiger partial charge is 0.487 e. The highest BCUT2D eigenvalue weighted by Crippen LogP contribution is 2.43. The molecule has 1 saturated heterocycles. The Labute approximate surface area is 206 Å². The Bertz CT molecular complexity index is 1140. The first-order valence-corrected chi connectivity index (χ1v) is 14.4. The van der Waals surface area contributed by atoms with Gasteiger partial charge in [0.25, 0.3) is 5.91 Å². The standard InChI is InChI=1S/C25H32N2O5S2/c1-4-25(5-2)17-21(19-8-6-7-9-22(19)32-25)26-34(29,30)18-10-11-23(33-3)20(16-18)24(28)27-12-14-31-15-13-27/h6-11,16,21,26H,4-5,12-15,17H2,1-3H3/t21-/m1/s1. The fraction of sp³-hybridized carbons (Fsp3) is 0.480. The maximum absolute atomic E-state index is 13.5. The lowest BCUT2D eigenvalue weighted by Gasteiger charge is -2.41. The number of carbonyl (C=O) groups is 1. The molecule has 2 aromatic carbocycles. The third-order valence-corrected chi connectivity index (χ3v) is 9.06. The number of amides is 1. The minimum Gasteiger partial charge on any atom is -0.487 e. The molecule has 7 nitrogen and oxygen atoms in total. The van der Waals surface area contributed by atoms with Crippen molar-refractivity contribution < 1.29 is 22.7 Å². The molecule has 9 heteroatoms. The number of rotatable bonds is 7. The van der Waals surface area contributed by atoms with E-state index in [9.17, 15) is 13.2 Å². The smallest absolute Gasteiger partial charge is 0.255 e. The zero-order chi connectivity index (χ0) is 24.3. The molecule has 2 aliphatic rings. The minimum absolute atomic E-state index is 0.0875. The summed E-state index contributed by atoms with van der Waals surface area (Å²) in [6.45, 7) is 6.09. The molecule has 0 aromatic heterocycles. The van der Waals surface area contributed by atoms with Crippen LogP contribution in [-0.4, -0.2) is 57.4 Å². The highest BCUT2D eigenvalue weighted by Gasteiger charge is 2.40. The number of hydrogen-bond donors (Lipinski definition) is 1. The molecule has 2 aliphatic heterocycles. The van der Waals surface area contributed by atoms with Gasteiger partial charge in [-0.25, -0.2) is 13.1 Å². The third kappa shape index (κ3) is 4.98. The molecule has 34 heavy (non-hydrogen) atoms. The Morgan fingerprint density at radius 3 is 2.53 bits per heavy atom. The quantitative estimate of drug-likeness (QED) is 0.568. The molecule has 0 bridgehead atoms. The van der Waals surface area contributed by atoms with E-state index in [-0.39, 0.29) is 10.8 Å². The van der Waals surface area contributed by atoms with Crippen LogP contribution in [0.15, 0.2) is 52.3 Å². The predicted octanol–water partition coefficient (Wildman–Crippen LogP) is 4.24. The zero-order valence-corrected chi connectivity index (χ0v) is 21.5. The lowest BCUT2D eigenvalue weighted by Crippen LogP contribution is -2.44. The Kier molecular flexibility index (Phi) is 7.57. The van der Waals surface area contributed by atoms with Crippen LogP contribution >= 0.6 is 11.8 Å². The topological polar surface area (TPSA) is 84.9 Å². The van der Waals surface area contributed by atoms with E-state index in [0.717, 1.165) is 23.3 Å². The number of nitrogens with one attached hydrogen (secondary N) is 1. The van der Waals surface area contributed by atoms with Gasteiger partial charge in [0.1, 0.15) is 11.4 Å². The summed E-state index contributed by atoms with van der Waals surface area (Å²) >= 11 is 1.43. The van der Waals surface area contributed by atoms with E-state index in [1.165, 1.54) is 17.8 Å². The van der Waals surface area contributed by atoms with E-state index in [1.54, 1.807) is 17.0 Å². The van der Waals surface area contributed by atoms with E-state index in [0.29, 0.717) is 44.0 Å². The van der Waals surface area contributed by atoms with Crippen LogP contribution in [-0.2, 0) is 14.8 Å². The van der Waals surface area contributed by atoms with Gasteiger partial charge < -0.3 is 14.4 Å². The highest BCUT2D eigenvalue weighted by atomic mass is 32.2. The fourth-order valence-corrected chi connectivity index (χ4v) is 6.43. The number of ether oxygens (including phenoxy) is 2. The summed E-state index contributed by atoms with van der Waals surface area (Å²) in [5, 5.41) is 0. The number of sulfonamides is 1. The number of fused-ring (bicyclic) bond motifs is 1. The molecular formula is C25H32N2O5S2. The number of morpholine rings is 1. The van der Waals surface area contributed by atoms with Crippen LogP contribution in [0.4, 0.5) is 0 Å². The maximum Gasteiger partial charge on any atom is 0.255 e. The second-order valence-electron chi connectivity index (χ2n) is 8.67. The van der Waals surface area contributed by atoms with Gasteiger partial charge in [0, 0.05) is 30.0 Å². The first-order valence-electron chi connectivity index (χ1n) is 11.7. The molecule has 0 unspecified atom stereocenters. The zero-order valence-electron chi connectivity index (χ0n) is 19.9. The van der Waals surface area contributed by atoms with Crippen LogP contribution in [0.25, 0.3) is 0 Å². The molecule has 1 atom stereocenters. The predicted molar refractivity (Wildman–Crippen MR) is 133 cm³/mol. The third-order valence-electron chi connectivity index (χ3n) is 6.79. The van der Waals surface area contributed by atoms with Crippen LogP contribution in [0.1, 0.15) is 55.1 Å². The first kappa shape index (κ1) is 25.0. The Hall–Kier alpha value is -2.07. The van der Waals surface area contributed by atoms with Crippen molar-refractivity contribution in [3.63, 3.8) is 0 Å². The van der Waals surface area contributed by atoms with Gasteiger partial charge in [0.05, 0.1) is 29.7 Å². The van der Waals surface area contributed by atoms with Gasteiger partial charge in [-0.3, -0.25) is 4.79 Å². The van der Waals surface area contributed by atoms with Crippen LogP contribution in [0.2, 0.25) is 0 Å². The fourth-order valence-electron chi connectivity index (χ4n) is 4.62. The van der Waals surface area contributed by atoms with Crippen molar-refractivity contribution in [2.24, 2.45) is 0 Å². The van der Waals surface area contributed by atoms with Gasteiger partial charge in [-0.05, 0) is 43.4 Å². The Balaban J connectivity index is 1.66. The Morgan fingerprint density at radius 1 is 1.15 bits per heavy atom. The molecule has 184 valence electrons. The monoisotopic (exact) mass is 504 g/mol. The van der Waals surface area contributed by atoms with Crippen molar-refractivity contribution in [2.45, 2.75) is 54.5 Å². The lowest BCUT2D eigenvalue weighted by atomic mass is 9.84. The van der Waals surface area contributed by atoms with Crippen LogP contribution in [0.3, 0.4) is 0 Å². The van der Waals surface area contributed by atoms with Crippen molar-refractivity contribution in [1.29, 1.82) is 0 Å². The molecule has 2 heterocycles. The van der Waals surface area contributed by atoms with E-state index < -0.39 is 21.7 Å². The molecular weight excluding hydrogens is 472 g/mol. The molecule has 1 fully saturated rings. The van der Waals surface area contributed by atoms with E-state index in [2.05, 4.69) is 18.6 Å². The number of thioether (sulfide) groups is 1. The van der Waals surface area contributed by atoms with Crippen molar-refractivity contribution in [1.82, 2.24) is 9.62 Å². The van der Waals surface area contributed by atoms with Crippen molar-refractivity contribution in [3.8, 4) is 5.75 Å². The summed E-state index contributed by atoms with van der Waals surface area (Å²) in [6, 6.07) is 12.0. The van der Waals surface area contributed by atoms with Gasteiger partial charge in [-0.2, -0.15) is 0 Å². The van der Waals surface area contributed by atoms with E-state index >= 15 is 0 Å². The van der Waals surface area contributed by atoms with Gasteiger partial charge >= 0.3 is 0 Å². The molecule has 1 amide bonds. The normalized spacial score (nSPS) is 19.9. The van der Waals surface area contributed by atoms with Crippen LogP contribution < -0.4 is 9.46 Å². The summed E-state index contributed by atoms with van der Waals surface area (Å²) in [4.78, 5) is 15.8. The van der Waals surface area contributed by atoms with Crippen LogP contribution in [0.5, 0.6) is 5.75 Å². The number of para-hydroxylation sites is 1. The molecule has 4 rings (SSSR count). The van der Waals surface area contributed by atoms with Crippen molar-refractivity contribution >= 4 is 27.7 Å². The first-order chi connectivity index (χ1) is 16.3. The van der Waals surface area contributed by atoms with Gasteiger partial charge in [0.2, 0.25) is 10.0 Å². The number of nitrogens with zero attached hydrogens (tertiary/aromatic N) is 1. The molecule has 0 radical (unpaired) electrons. The summed E-state index contributed by atoms with van der Waals surface area (Å²) in [5.41, 5.74) is 0.803. The minimum atomic E-state index is -3.89. The maximum atomic E-state index is 13.5. The summed E-state index contributed by atoms with van der Waals surface area (Å²) in [6.07, 6.45) is 3.97. The van der Waals surface area contributed by atoms with Crippen LogP contribution in [0, 0.1) is 0 Å². The average Bonchev–Trinajstić information content (AvgIpc) is 2.88. The molecule has 0 aliphatic carbocycles. The van der Waals surface area contributed by atoms with Crippen molar-refractivity contribution in [3.05, 3.63) is 53.6 Å². The molecule has 0 spiro atoms. The molecule has 0 saturated carbocycles. The summed E-state index contributed by atoms with van der Waals surface area (Å²) < 4.78 is 41.7. The average molecular weight is 505 g/mol. The number of hydrogen-bond acceptors (Lipinski definition) is 6. The summed E-state index contributed by atoms with van der Waals surface area (Å²) in [7, 11) is -3.89. The van der Waals surface area contributed by atoms with E-state index in [1.807, 2.05) is 30.5 Å². The lowest BCUT2D eigenvalue weighted by molar-refractivity contribution is 0.0260. The number of carbonyl (C=O) groups excluding carboxylic acids is 1. The molecule has 2 aromatic rings. The Morgan fingerprint density at radius 2 is 1.85 bits per heavy atom. The number of benzene rings is 2. The molecule has 1 N–H and O–H groups in total. The second-order valence-corrected chi connectivity index (χ2v) is 11.2. The van der Waals surface area contributed by atoms with Gasteiger partial charge in [-0.1, -0.05) is 32.0 Å². The SMILES string of the molecule is CCC1(CC)C[C@@H](NS(=O)(=O)c2ccc(SC)c(C(=O)N3CCOCC3)c2)c2ccccc2O1. The van der Waals surface area contributed by atoms with E-state index in [4.69, 9.17) is 9.47 Å². The van der Waals surface area contributed by atoms with Gasteiger partial charge in [-0.15, -0.1) is 11.8 Å². The highest BCUT2D eigenvalue weighted by molar-refractivity contribution is 7.98. The summed E-state index contributed by atoms with van der Waals surface area (Å²) in [5.74, 6) is 0.545. The van der Waals surface area contributed by atoms with Gasteiger partial charge in [0.15, 0.2) is 0 Å². The second kappa shape index (κ2) is 10.3.